The summed E-state index contributed by atoms with van der Waals surface area (Å²) in [5.74, 6) is -0.468. The third-order valence-corrected chi connectivity index (χ3v) is 9.17. The van der Waals surface area contributed by atoms with Gasteiger partial charge >= 0.3 is 0 Å². The summed E-state index contributed by atoms with van der Waals surface area (Å²) in [7, 11) is 1.54. The van der Waals surface area contributed by atoms with Gasteiger partial charge in [0.1, 0.15) is 22.5 Å². The van der Waals surface area contributed by atoms with Crippen LogP contribution in [0.15, 0.2) is 89.5 Å². The molecule has 0 saturated carbocycles. The molecule has 1 aliphatic rings. The zero-order valence-electron chi connectivity index (χ0n) is 24.0. The minimum absolute atomic E-state index is 0.0349. The van der Waals surface area contributed by atoms with Crippen LogP contribution in [0.5, 0.6) is 5.75 Å². The van der Waals surface area contributed by atoms with Gasteiger partial charge in [-0.1, -0.05) is 42.5 Å². The first-order valence-electron chi connectivity index (χ1n) is 14.0. The second-order valence-electron chi connectivity index (χ2n) is 9.97. The van der Waals surface area contributed by atoms with Crippen molar-refractivity contribution < 1.29 is 19.1 Å². The van der Waals surface area contributed by atoms with Gasteiger partial charge in [-0.25, -0.2) is 0 Å². The quantitative estimate of drug-likeness (QED) is 0.135. The topological polar surface area (TPSA) is 120 Å². The highest BCUT2D eigenvalue weighted by atomic mass is 32.2. The van der Waals surface area contributed by atoms with Crippen molar-refractivity contribution in [1.29, 1.82) is 5.26 Å². The Bertz CT molecular complexity index is 1760. The van der Waals surface area contributed by atoms with Crippen LogP contribution in [-0.2, 0) is 22.4 Å². The van der Waals surface area contributed by atoms with Gasteiger partial charge in [0.2, 0.25) is 5.91 Å². The summed E-state index contributed by atoms with van der Waals surface area (Å²) in [5.41, 5.74) is 3.23. The predicted molar refractivity (Wildman–Crippen MR) is 175 cm³/mol. The number of rotatable bonds is 10. The van der Waals surface area contributed by atoms with Gasteiger partial charge in [0.15, 0.2) is 0 Å². The van der Waals surface area contributed by atoms with Crippen LogP contribution in [0.3, 0.4) is 0 Å². The van der Waals surface area contributed by atoms with Gasteiger partial charge in [-0.05, 0) is 73.7 Å². The molecule has 0 saturated heterocycles. The first-order chi connectivity index (χ1) is 21.4. The Balaban J connectivity index is 1.27. The molecular formula is C34H30N4O4S2. The number of methoxy groups -OCH3 is 1. The van der Waals surface area contributed by atoms with E-state index in [0.29, 0.717) is 33.1 Å². The number of nitrogens with zero attached hydrogens (tertiary/aromatic N) is 1. The Morgan fingerprint density at radius 3 is 2.55 bits per heavy atom. The summed E-state index contributed by atoms with van der Waals surface area (Å²) in [5, 5.41) is 18.8. The van der Waals surface area contributed by atoms with Crippen LogP contribution in [0.2, 0.25) is 0 Å². The molecule has 4 aromatic rings. The smallest absolute Gasteiger partial charge is 0.272 e. The second kappa shape index (κ2) is 14.6. The van der Waals surface area contributed by atoms with E-state index in [1.165, 1.54) is 35.1 Å². The van der Waals surface area contributed by atoms with E-state index in [-0.39, 0.29) is 17.4 Å². The number of amides is 3. The van der Waals surface area contributed by atoms with E-state index in [2.05, 4.69) is 22.0 Å². The van der Waals surface area contributed by atoms with Gasteiger partial charge in [-0.2, -0.15) is 5.26 Å². The Hall–Kier alpha value is -4.85. The summed E-state index contributed by atoms with van der Waals surface area (Å²) >= 11 is 2.82. The van der Waals surface area contributed by atoms with Gasteiger partial charge in [-0.3, -0.25) is 14.4 Å². The Labute approximate surface area is 264 Å². The average molecular weight is 623 g/mol. The molecule has 1 aromatic heterocycles. The third-order valence-electron chi connectivity index (χ3n) is 6.97. The number of thioether (sulfide) groups is 1. The lowest BCUT2D eigenvalue weighted by molar-refractivity contribution is -0.114. The summed E-state index contributed by atoms with van der Waals surface area (Å²) < 4.78 is 5.43. The highest BCUT2D eigenvalue weighted by Gasteiger charge is 2.22. The Morgan fingerprint density at radius 1 is 0.977 bits per heavy atom. The van der Waals surface area contributed by atoms with Crippen LogP contribution < -0.4 is 20.7 Å². The number of carbonyl (C=O) groups is 3. The second-order valence-corrected chi connectivity index (χ2v) is 12.1. The van der Waals surface area contributed by atoms with Crippen molar-refractivity contribution in [3.63, 3.8) is 0 Å². The number of nitriles is 1. The number of benzene rings is 3. The van der Waals surface area contributed by atoms with Crippen molar-refractivity contribution in [2.75, 3.05) is 23.5 Å². The van der Waals surface area contributed by atoms with Gasteiger partial charge in [-0.15, -0.1) is 23.1 Å². The number of hydrogen-bond acceptors (Lipinski definition) is 7. The highest BCUT2D eigenvalue weighted by Crippen LogP contribution is 2.37. The van der Waals surface area contributed by atoms with Gasteiger partial charge < -0.3 is 20.7 Å². The summed E-state index contributed by atoms with van der Waals surface area (Å²) in [4.78, 5) is 41.2. The first-order valence-corrected chi connectivity index (χ1v) is 15.8. The molecule has 0 fully saturated rings. The maximum absolute atomic E-state index is 13.5. The minimum atomic E-state index is -0.522. The molecule has 44 heavy (non-hydrogen) atoms. The van der Waals surface area contributed by atoms with E-state index in [1.807, 2.05) is 24.3 Å². The monoisotopic (exact) mass is 622 g/mol. The molecular weight excluding hydrogens is 593 g/mol. The van der Waals surface area contributed by atoms with E-state index >= 15 is 0 Å². The van der Waals surface area contributed by atoms with Crippen LogP contribution in [0.25, 0.3) is 6.08 Å². The van der Waals surface area contributed by atoms with Crippen LogP contribution in [-0.4, -0.2) is 30.6 Å². The molecule has 3 aromatic carbocycles. The number of carbonyl (C=O) groups excluding carboxylic acids is 3. The maximum Gasteiger partial charge on any atom is 0.272 e. The van der Waals surface area contributed by atoms with Crippen molar-refractivity contribution in [2.24, 2.45) is 0 Å². The molecule has 0 unspecified atom stereocenters. The number of anilines is 2. The molecule has 0 atom stereocenters. The molecule has 0 bridgehead atoms. The SMILES string of the molecule is COc1ccccc1/C=C(/NC(=O)c1ccccc1)C(=O)Nc1cccc(SCC(=O)Nc2sc3c(c2C#N)CCCC3)c1. The number of thiophene rings is 1. The zero-order chi connectivity index (χ0) is 30.9. The van der Waals surface area contributed by atoms with Gasteiger partial charge in [0.25, 0.3) is 11.8 Å². The number of aryl methyl sites for hydroxylation is 1. The third kappa shape index (κ3) is 7.56. The van der Waals surface area contributed by atoms with E-state index in [9.17, 15) is 19.6 Å². The van der Waals surface area contributed by atoms with Crippen molar-refractivity contribution in [2.45, 2.75) is 30.6 Å². The lowest BCUT2D eigenvalue weighted by atomic mass is 9.96. The first kappa shape index (κ1) is 30.6. The van der Waals surface area contributed by atoms with Crippen LogP contribution in [0, 0.1) is 11.3 Å². The van der Waals surface area contributed by atoms with Crippen molar-refractivity contribution in [3.8, 4) is 11.8 Å². The highest BCUT2D eigenvalue weighted by molar-refractivity contribution is 8.00. The molecule has 10 heteroatoms. The molecule has 0 spiro atoms. The van der Waals surface area contributed by atoms with Gasteiger partial charge in [0, 0.05) is 26.6 Å². The molecule has 1 heterocycles. The summed E-state index contributed by atoms with van der Waals surface area (Å²) in [6.45, 7) is 0. The molecule has 0 aliphatic heterocycles. The average Bonchev–Trinajstić information content (AvgIpc) is 3.41. The molecule has 1 aliphatic carbocycles. The van der Waals surface area contributed by atoms with Crippen LogP contribution in [0.4, 0.5) is 10.7 Å². The van der Waals surface area contributed by atoms with Gasteiger partial charge in [0.05, 0.1) is 18.4 Å². The molecule has 222 valence electrons. The van der Waals surface area contributed by atoms with E-state index < -0.39 is 11.8 Å². The number of ether oxygens (including phenoxy) is 1. The Kier molecular flexibility index (Phi) is 10.1. The van der Waals surface area contributed by atoms with E-state index in [4.69, 9.17) is 4.74 Å². The van der Waals surface area contributed by atoms with Crippen LogP contribution in [0.1, 0.15) is 44.8 Å². The lowest BCUT2D eigenvalue weighted by Gasteiger charge is -2.13. The van der Waals surface area contributed by atoms with E-state index in [0.717, 1.165) is 36.1 Å². The summed E-state index contributed by atoms with van der Waals surface area (Å²) in [6.07, 6.45) is 5.56. The largest absolute Gasteiger partial charge is 0.496 e. The van der Waals surface area contributed by atoms with Crippen molar-refractivity contribution >= 4 is 57.6 Å². The number of para-hydroxylation sites is 1. The standard InChI is InChI=1S/C34H30N4O4S2/c1-42-29-16-7-5-12-23(29)18-28(37-32(40)22-10-3-2-4-11-22)33(41)36-24-13-9-14-25(19-24)43-21-31(39)38-34-27(20-35)26-15-6-8-17-30(26)44-34/h2-5,7,9-14,16,18-19H,6,8,15,17,21H2,1H3,(H,36,41)(H,37,40)(H,38,39)/b28-18+. The fraction of sp³-hybridized carbons (Fsp3) is 0.176. The summed E-state index contributed by atoms with van der Waals surface area (Å²) in [6, 6.07) is 25.2. The molecule has 3 N–H and O–H groups in total. The minimum Gasteiger partial charge on any atom is -0.496 e. The number of nitrogens with one attached hydrogen (secondary N) is 3. The zero-order valence-corrected chi connectivity index (χ0v) is 25.6. The Morgan fingerprint density at radius 2 is 1.75 bits per heavy atom. The van der Waals surface area contributed by atoms with Crippen LogP contribution >= 0.6 is 23.1 Å². The van der Waals surface area contributed by atoms with Crippen molar-refractivity contribution in [3.05, 3.63) is 112 Å². The normalized spacial score (nSPS) is 12.4. The molecule has 5 rings (SSSR count). The maximum atomic E-state index is 13.5. The number of fused-ring (bicyclic) bond motifs is 1. The predicted octanol–water partition coefficient (Wildman–Crippen LogP) is 6.65. The fourth-order valence-corrected chi connectivity index (χ4v) is 6.84. The molecule has 8 nitrogen and oxygen atoms in total. The van der Waals surface area contributed by atoms with Crippen molar-refractivity contribution in [1.82, 2.24) is 5.32 Å². The molecule has 3 amide bonds. The lowest BCUT2D eigenvalue weighted by Crippen LogP contribution is -2.30. The number of hydrogen-bond donors (Lipinski definition) is 3. The molecule has 0 radical (unpaired) electrons. The fourth-order valence-electron chi connectivity index (χ4n) is 4.83. The van der Waals surface area contributed by atoms with E-state index in [1.54, 1.807) is 60.7 Å².